The molecular formula is C30H47N5O8. The first-order valence-electron chi connectivity index (χ1n) is 14.8. The van der Waals surface area contributed by atoms with Gasteiger partial charge >= 0.3 is 5.97 Å². The van der Waals surface area contributed by atoms with Gasteiger partial charge in [-0.2, -0.15) is 0 Å². The Labute approximate surface area is 252 Å². The van der Waals surface area contributed by atoms with E-state index in [1.807, 2.05) is 27.7 Å². The smallest absolute Gasteiger partial charge is 0.326 e. The maximum Gasteiger partial charge on any atom is 0.326 e. The van der Waals surface area contributed by atoms with Gasteiger partial charge in [0.1, 0.15) is 36.0 Å². The van der Waals surface area contributed by atoms with Crippen molar-refractivity contribution in [3.8, 4) is 5.75 Å². The van der Waals surface area contributed by atoms with Crippen molar-refractivity contribution in [1.82, 2.24) is 20.9 Å². The van der Waals surface area contributed by atoms with E-state index in [0.29, 0.717) is 18.4 Å². The number of benzene rings is 1. The number of likely N-dealkylation sites (tertiary alicyclic amines) is 1. The van der Waals surface area contributed by atoms with Crippen LogP contribution in [0.3, 0.4) is 0 Å². The monoisotopic (exact) mass is 605 g/mol. The number of nitrogens with one attached hydrogen (secondary N) is 3. The van der Waals surface area contributed by atoms with Crippen molar-refractivity contribution < 1.29 is 39.3 Å². The van der Waals surface area contributed by atoms with Gasteiger partial charge in [-0.1, -0.05) is 39.8 Å². The predicted octanol–water partition coefficient (Wildman–Crippen LogP) is 0.265. The topological polar surface area (TPSA) is 211 Å². The van der Waals surface area contributed by atoms with Gasteiger partial charge in [0.2, 0.25) is 23.6 Å². The molecule has 0 aliphatic carbocycles. The van der Waals surface area contributed by atoms with Crippen LogP contribution in [-0.4, -0.2) is 92.7 Å². The average molecular weight is 606 g/mol. The molecule has 240 valence electrons. The number of carboxylic acid groups (broad SMARTS) is 1. The van der Waals surface area contributed by atoms with E-state index in [-0.39, 0.29) is 43.4 Å². The largest absolute Gasteiger partial charge is 0.508 e. The number of aliphatic hydroxyl groups is 1. The minimum absolute atomic E-state index is 0.00577. The van der Waals surface area contributed by atoms with E-state index in [2.05, 4.69) is 16.0 Å². The van der Waals surface area contributed by atoms with Crippen molar-refractivity contribution in [3.63, 3.8) is 0 Å². The zero-order valence-electron chi connectivity index (χ0n) is 25.6. The summed E-state index contributed by atoms with van der Waals surface area (Å²) in [7, 11) is 0. The first kappa shape index (κ1) is 35.5. The minimum atomic E-state index is -1.28. The fourth-order valence-corrected chi connectivity index (χ4v) is 4.99. The standard InChI is InChI=1S/C30H47N5O8/c1-16(2)13-21(26(38)34-23(30(42)43)14-17(3)4)32-27(39)24-7-6-12-35(24)29(41)22(33-28(40)25(31)18(5)36)15-19-8-10-20(37)11-9-19/h8-11,16-18,21-25,36-37H,6-7,12-15,31H2,1-5H3,(H,32,39)(H,33,40)(H,34,38)(H,42,43)/t18-,21+,22+,23+,24+,25+/m1/s1. The number of hydrogen-bond acceptors (Lipinski definition) is 8. The SMILES string of the molecule is CC(C)C[C@H](NC(=O)[C@H](CC(C)C)NC(=O)[C@@H]1CCCN1C(=O)[C@H](Cc1ccc(O)cc1)NC(=O)[C@@H](N)[C@@H](C)O)C(=O)O. The molecule has 13 heteroatoms. The van der Waals surface area contributed by atoms with Crippen LogP contribution in [-0.2, 0) is 30.4 Å². The predicted molar refractivity (Wildman–Crippen MR) is 159 cm³/mol. The summed E-state index contributed by atoms with van der Waals surface area (Å²) in [6, 6.07) is 0.630. The zero-order chi connectivity index (χ0) is 32.4. The second kappa shape index (κ2) is 16.2. The highest BCUT2D eigenvalue weighted by Crippen LogP contribution is 2.21. The maximum atomic E-state index is 13.8. The molecule has 2 rings (SSSR count). The molecule has 1 aromatic rings. The van der Waals surface area contributed by atoms with Crippen molar-refractivity contribution >= 4 is 29.6 Å². The molecule has 13 nitrogen and oxygen atoms in total. The average Bonchev–Trinajstić information content (AvgIpc) is 3.41. The number of aliphatic hydroxyl groups excluding tert-OH is 1. The summed E-state index contributed by atoms with van der Waals surface area (Å²) in [5.41, 5.74) is 6.42. The summed E-state index contributed by atoms with van der Waals surface area (Å²) >= 11 is 0. The van der Waals surface area contributed by atoms with Gasteiger partial charge in [-0.25, -0.2) is 4.79 Å². The van der Waals surface area contributed by atoms with Gasteiger partial charge in [0.25, 0.3) is 0 Å². The number of hydrogen-bond donors (Lipinski definition) is 7. The Bertz CT molecular complexity index is 1120. The van der Waals surface area contributed by atoms with E-state index in [9.17, 15) is 39.3 Å². The Balaban J connectivity index is 2.26. The number of phenolic OH excluding ortho intramolecular Hbond substituents is 1. The van der Waals surface area contributed by atoms with E-state index in [4.69, 9.17) is 5.73 Å². The summed E-state index contributed by atoms with van der Waals surface area (Å²) in [6.07, 6.45) is 0.177. The number of carboxylic acids is 1. The van der Waals surface area contributed by atoms with Gasteiger partial charge in [0, 0.05) is 13.0 Å². The molecule has 1 heterocycles. The van der Waals surface area contributed by atoms with Crippen molar-refractivity contribution in [1.29, 1.82) is 0 Å². The van der Waals surface area contributed by atoms with Crippen LogP contribution in [0.5, 0.6) is 5.75 Å². The van der Waals surface area contributed by atoms with Crippen LogP contribution in [0, 0.1) is 11.8 Å². The molecule has 1 aromatic carbocycles. The first-order valence-corrected chi connectivity index (χ1v) is 14.8. The van der Waals surface area contributed by atoms with E-state index >= 15 is 0 Å². The maximum absolute atomic E-state index is 13.8. The number of aliphatic carboxylic acids is 1. The fourth-order valence-electron chi connectivity index (χ4n) is 4.99. The molecule has 1 aliphatic rings. The van der Waals surface area contributed by atoms with E-state index in [1.165, 1.54) is 24.0 Å². The molecule has 0 bridgehead atoms. The van der Waals surface area contributed by atoms with Crippen LogP contribution in [0.1, 0.15) is 65.9 Å². The second-order valence-electron chi connectivity index (χ2n) is 12.1. The molecular weight excluding hydrogens is 558 g/mol. The number of aromatic hydroxyl groups is 1. The molecule has 1 fully saturated rings. The molecule has 1 saturated heterocycles. The van der Waals surface area contributed by atoms with Crippen molar-refractivity contribution in [3.05, 3.63) is 29.8 Å². The van der Waals surface area contributed by atoms with Crippen LogP contribution in [0.2, 0.25) is 0 Å². The molecule has 4 amide bonds. The number of carbonyl (C=O) groups is 5. The summed E-state index contributed by atoms with van der Waals surface area (Å²) < 4.78 is 0. The normalized spacial score (nSPS) is 18.4. The lowest BCUT2D eigenvalue weighted by Crippen LogP contribution is -2.59. The summed E-state index contributed by atoms with van der Waals surface area (Å²) in [5, 5.41) is 36.9. The van der Waals surface area contributed by atoms with Crippen molar-refractivity contribution in [2.45, 2.75) is 103 Å². The van der Waals surface area contributed by atoms with Gasteiger partial charge in [-0.15, -0.1) is 0 Å². The molecule has 43 heavy (non-hydrogen) atoms. The highest BCUT2D eigenvalue weighted by atomic mass is 16.4. The third kappa shape index (κ3) is 10.8. The van der Waals surface area contributed by atoms with Crippen LogP contribution in [0.15, 0.2) is 24.3 Å². The quantitative estimate of drug-likeness (QED) is 0.146. The highest BCUT2D eigenvalue weighted by Gasteiger charge is 2.40. The van der Waals surface area contributed by atoms with Gasteiger partial charge in [-0.05, 0) is 62.1 Å². The Morgan fingerprint density at radius 3 is 1.98 bits per heavy atom. The number of carbonyl (C=O) groups excluding carboxylic acids is 4. The third-order valence-corrected chi connectivity index (χ3v) is 7.31. The Morgan fingerprint density at radius 2 is 1.44 bits per heavy atom. The van der Waals surface area contributed by atoms with E-state index in [0.717, 1.165) is 0 Å². The molecule has 0 unspecified atom stereocenters. The highest BCUT2D eigenvalue weighted by molar-refractivity contribution is 5.96. The summed E-state index contributed by atoms with van der Waals surface area (Å²) in [6.45, 7) is 9.02. The third-order valence-electron chi connectivity index (χ3n) is 7.31. The molecule has 6 atom stereocenters. The Morgan fingerprint density at radius 1 is 0.884 bits per heavy atom. The number of amides is 4. The Kier molecular flexibility index (Phi) is 13.4. The van der Waals surface area contributed by atoms with E-state index in [1.54, 1.807) is 12.1 Å². The molecule has 8 N–H and O–H groups in total. The molecule has 0 spiro atoms. The lowest BCUT2D eigenvalue weighted by Gasteiger charge is -2.31. The van der Waals surface area contributed by atoms with Crippen LogP contribution >= 0.6 is 0 Å². The van der Waals surface area contributed by atoms with E-state index < -0.39 is 65.9 Å². The number of nitrogens with zero attached hydrogens (tertiary/aromatic N) is 1. The fraction of sp³-hybridized carbons (Fsp3) is 0.633. The zero-order valence-corrected chi connectivity index (χ0v) is 25.6. The van der Waals surface area contributed by atoms with Gasteiger partial charge < -0.3 is 41.9 Å². The molecule has 0 saturated carbocycles. The van der Waals surface area contributed by atoms with Gasteiger partial charge in [0.05, 0.1) is 6.10 Å². The lowest BCUT2D eigenvalue weighted by molar-refractivity contribution is -0.144. The van der Waals surface area contributed by atoms with Gasteiger partial charge in [-0.3, -0.25) is 19.2 Å². The molecule has 0 radical (unpaired) electrons. The lowest BCUT2D eigenvalue weighted by atomic mass is 10.00. The second-order valence-corrected chi connectivity index (χ2v) is 12.1. The van der Waals surface area contributed by atoms with Crippen LogP contribution in [0.25, 0.3) is 0 Å². The summed E-state index contributed by atoms with van der Waals surface area (Å²) in [4.78, 5) is 66.3. The van der Waals surface area contributed by atoms with Crippen LogP contribution in [0.4, 0.5) is 0 Å². The minimum Gasteiger partial charge on any atom is -0.508 e. The molecule has 0 aromatic heterocycles. The first-order chi connectivity index (χ1) is 20.1. The summed E-state index contributed by atoms with van der Waals surface area (Å²) in [5.74, 6) is -3.58. The number of rotatable bonds is 15. The Hall–Kier alpha value is -3.71. The van der Waals surface area contributed by atoms with Gasteiger partial charge in [0.15, 0.2) is 0 Å². The van der Waals surface area contributed by atoms with Crippen molar-refractivity contribution in [2.24, 2.45) is 17.6 Å². The van der Waals surface area contributed by atoms with Crippen LogP contribution < -0.4 is 21.7 Å². The van der Waals surface area contributed by atoms with Crippen molar-refractivity contribution in [2.75, 3.05) is 6.54 Å². The number of nitrogens with two attached hydrogens (primary N) is 1. The number of phenols is 1. The molecule has 1 aliphatic heterocycles.